The number of carbonyl (C=O) groups is 2. The first-order chi connectivity index (χ1) is 11.0. The van der Waals surface area contributed by atoms with Gasteiger partial charge >= 0.3 is 5.97 Å². The van der Waals surface area contributed by atoms with Crippen molar-refractivity contribution in [2.45, 2.75) is 38.5 Å². The Bertz CT molecular complexity index is 547. The molecule has 1 aromatic rings. The maximum atomic E-state index is 13.2. The number of carboxylic acids is 1. The Kier molecular flexibility index (Phi) is 5.77. The maximum absolute atomic E-state index is 13.2. The highest BCUT2D eigenvalue weighted by atomic mass is 16.5. The van der Waals surface area contributed by atoms with Crippen molar-refractivity contribution in [2.24, 2.45) is 0 Å². The van der Waals surface area contributed by atoms with Crippen LogP contribution in [0.4, 0.5) is 0 Å². The van der Waals surface area contributed by atoms with Crippen molar-refractivity contribution in [1.29, 1.82) is 0 Å². The highest BCUT2D eigenvalue weighted by Crippen LogP contribution is 2.37. The van der Waals surface area contributed by atoms with E-state index in [1.54, 1.807) is 0 Å². The molecule has 0 bridgehead atoms. The predicted molar refractivity (Wildman–Crippen MR) is 87.4 cm³/mol. The normalized spacial score (nSPS) is 16.8. The van der Waals surface area contributed by atoms with Crippen LogP contribution in [-0.4, -0.2) is 48.2 Å². The lowest BCUT2D eigenvalue weighted by Crippen LogP contribution is -2.51. The fraction of sp³-hybridized carbons (Fsp3) is 0.556. The van der Waals surface area contributed by atoms with E-state index in [2.05, 4.69) is 0 Å². The summed E-state index contributed by atoms with van der Waals surface area (Å²) >= 11 is 0. The first kappa shape index (κ1) is 17.5. The molecule has 2 rings (SSSR count). The summed E-state index contributed by atoms with van der Waals surface area (Å²) in [6, 6.07) is 7.98. The number of rotatable bonds is 6. The largest absolute Gasteiger partial charge is 0.480 e. The van der Waals surface area contributed by atoms with Gasteiger partial charge < -0.3 is 14.7 Å². The molecule has 1 fully saturated rings. The number of aliphatic carboxylic acids is 1. The summed E-state index contributed by atoms with van der Waals surface area (Å²) < 4.78 is 5.45. The van der Waals surface area contributed by atoms with Crippen molar-refractivity contribution in [2.75, 3.05) is 26.3 Å². The predicted octanol–water partition coefficient (Wildman–Crippen LogP) is 2.37. The van der Waals surface area contributed by atoms with E-state index in [0.717, 1.165) is 17.5 Å². The van der Waals surface area contributed by atoms with Gasteiger partial charge in [-0.1, -0.05) is 36.8 Å². The summed E-state index contributed by atoms with van der Waals surface area (Å²) in [5.74, 6) is -1.06. The molecule has 0 atom stereocenters. The lowest BCUT2D eigenvalue weighted by atomic mass is 9.72. The topological polar surface area (TPSA) is 66.8 Å². The summed E-state index contributed by atoms with van der Waals surface area (Å²) in [6.07, 6.45) is 1.92. The number of benzene rings is 1. The van der Waals surface area contributed by atoms with Gasteiger partial charge in [-0.05, 0) is 31.7 Å². The Hall–Kier alpha value is -1.88. The Morgan fingerprint density at radius 3 is 2.35 bits per heavy atom. The summed E-state index contributed by atoms with van der Waals surface area (Å²) in [5.41, 5.74) is 1.43. The van der Waals surface area contributed by atoms with Crippen molar-refractivity contribution < 1.29 is 19.4 Å². The summed E-state index contributed by atoms with van der Waals surface area (Å²) in [7, 11) is 0. The molecule has 126 valence electrons. The smallest absolute Gasteiger partial charge is 0.323 e. The molecule has 0 unspecified atom stereocenters. The third-order valence-electron chi connectivity index (χ3n) is 4.47. The number of ether oxygens (including phenoxy) is 1. The zero-order valence-electron chi connectivity index (χ0n) is 13.9. The molecule has 1 N–H and O–H groups in total. The van der Waals surface area contributed by atoms with Gasteiger partial charge in [0.1, 0.15) is 6.54 Å². The third kappa shape index (κ3) is 3.91. The second-order valence-corrected chi connectivity index (χ2v) is 6.18. The Balaban J connectivity index is 2.37. The van der Waals surface area contributed by atoms with Gasteiger partial charge in [0.15, 0.2) is 0 Å². The molecule has 1 aliphatic heterocycles. The van der Waals surface area contributed by atoms with Crippen molar-refractivity contribution in [1.82, 2.24) is 4.90 Å². The zero-order chi connectivity index (χ0) is 16.9. The second-order valence-electron chi connectivity index (χ2n) is 6.18. The molecule has 0 aromatic heterocycles. The van der Waals surface area contributed by atoms with Gasteiger partial charge in [0.25, 0.3) is 0 Å². The fourth-order valence-electron chi connectivity index (χ4n) is 3.21. The minimum Gasteiger partial charge on any atom is -0.480 e. The molecule has 5 heteroatoms. The van der Waals surface area contributed by atoms with Crippen LogP contribution in [0.3, 0.4) is 0 Å². The Labute approximate surface area is 137 Å². The van der Waals surface area contributed by atoms with Gasteiger partial charge in [-0.15, -0.1) is 0 Å². The summed E-state index contributed by atoms with van der Waals surface area (Å²) in [5, 5.41) is 9.13. The minimum atomic E-state index is -0.974. The van der Waals surface area contributed by atoms with Crippen LogP contribution in [0.5, 0.6) is 0 Å². The van der Waals surface area contributed by atoms with Crippen LogP contribution in [0, 0.1) is 6.92 Å². The standard InChI is InChI=1S/C18H25NO4/c1-3-10-19(13-16(20)21)17(22)18(8-11-23-12-9-18)15-6-4-14(2)5-7-15/h4-7H,3,8-13H2,1-2H3,(H,20,21). The first-order valence-corrected chi connectivity index (χ1v) is 8.15. The third-order valence-corrected chi connectivity index (χ3v) is 4.47. The Morgan fingerprint density at radius 1 is 1.22 bits per heavy atom. The number of nitrogens with zero attached hydrogens (tertiary/aromatic N) is 1. The zero-order valence-corrected chi connectivity index (χ0v) is 13.9. The van der Waals surface area contributed by atoms with Crippen molar-refractivity contribution in [3.8, 4) is 0 Å². The van der Waals surface area contributed by atoms with Crippen LogP contribution in [0.15, 0.2) is 24.3 Å². The van der Waals surface area contributed by atoms with Crippen LogP contribution in [0.1, 0.15) is 37.3 Å². The van der Waals surface area contributed by atoms with E-state index >= 15 is 0 Å². The van der Waals surface area contributed by atoms with Crippen LogP contribution in [-0.2, 0) is 19.7 Å². The van der Waals surface area contributed by atoms with E-state index in [1.165, 1.54) is 4.90 Å². The molecule has 0 radical (unpaired) electrons. The Morgan fingerprint density at radius 2 is 1.83 bits per heavy atom. The van der Waals surface area contributed by atoms with Crippen LogP contribution >= 0.6 is 0 Å². The van der Waals surface area contributed by atoms with Gasteiger partial charge in [-0.25, -0.2) is 0 Å². The highest BCUT2D eigenvalue weighted by Gasteiger charge is 2.44. The van der Waals surface area contributed by atoms with Gasteiger partial charge in [0, 0.05) is 19.8 Å². The molecule has 1 aromatic carbocycles. The number of hydrogen-bond donors (Lipinski definition) is 1. The molecule has 23 heavy (non-hydrogen) atoms. The van der Waals surface area contributed by atoms with E-state index in [1.807, 2.05) is 38.1 Å². The van der Waals surface area contributed by atoms with Crippen LogP contribution in [0.2, 0.25) is 0 Å². The van der Waals surface area contributed by atoms with Crippen molar-refractivity contribution >= 4 is 11.9 Å². The number of carboxylic acid groups (broad SMARTS) is 1. The van der Waals surface area contributed by atoms with Gasteiger partial charge in [0.05, 0.1) is 5.41 Å². The van der Waals surface area contributed by atoms with E-state index in [0.29, 0.717) is 32.6 Å². The van der Waals surface area contributed by atoms with E-state index in [4.69, 9.17) is 9.84 Å². The second kappa shape index (κ2) is 7.59. The highest BCUT2D eigenvalue weighted by molar-refractivity contribution is 5.90. The molecular weight excluding hydrogens is 294 g/mol. The molecule has 1 aliphatic rings. The van der Waals surface area contributed by atoms with Gasteiger partial charge in [0.2, 0.25) is 5.91 Å². The number of aryl methyl sites for hydroxylation is 1. The number of carbonyl (C=O) groups excluding carboxylic acids is 1. The van der Waals surface area contributed by atoms with E-state index < -0.39 is 11.4 Å². The summed E-state index contributed by atoms with van der Waals surface area (Å²) in [6.45, 7) is 5.21. The van der Waals surface area contributed by atoms with Gasteiger partial charge in [-0.3, -0.25) is 9.59 Å². The summed E-state index contributed by atoms with van der Waals surface area (Å²) in [4.78, 5) is 25.9. The average Bonchev–Trinajstić information content (AvgIpc) is 2.54. The van der Waals surface area contributed by atoms with Crippen LogP contribution in [0.25, 0.3) is 0 Å². The monoisotopic (exact) mass is 319 g/mol. The molecular formula is C18H25NO4. The fourth-order valence-corrected chi connectivity index (χ4v) is 3.21. The molecule has 0 spiro atoms. The molecule has 5 nitrogen and oxygen atoms in total. The van der Waals surface area contributed by atoms with Crippen LogP contribution < -0.4 is 0 Å². The SMILES string of the molecule is CCCN(CC(=O)O)C(=O)C1(c2ccc(C)cc2)CCOCC1. The quantitative estimate of drug-likeness (QED) is 0.874. The molecule has 1 heterocycles. The van der Waals surface area contributed by atoms with Crippen molar-refractivity contribution in [3.05, 3.63) is 35.4 Å². The lowest BCUT2D eigenvalue weighted by Gasteiger charge is -2.39. The molecule has 1 amide bonds. The maximum Gasteiger partial charge on any atom is 0.323 e. The van der Waals surface area contributed by atoms with E-state index in [-0.39, 0.29) is 12.5 Å². The minimum absolute atomic E-state index is 0.0890. The first-order valence-electron chi connectivity index (χ1n) is 8.15. The lowest BCUT2D eigenvalue weighted by molar-refractivity contribution is -0.149. The number of hydrogen-bond acceptors (Lipinski definition) is 3. The molecule has 1 saturated heterocycles. The van der Waals surface area contributed by atoms with Gasteiger partial charge in [-0.2, -0.15) is 0 Å². The van der Waals surface area contributed by atoms with Crippen molar-refractivity contribution in [3.63, 3.8) is 0 Å². The molecule has 0 aliphatic carbocycles. The molecule has 0 saturated carbocycles. The number of amides is 1. The van der Waals surface area contributed by atoms with E-state index in [9.17, 15) is 9.59 Å². The average molecular weight is 319 g/mol.